The summed E-state index contributed by atoms with van der Waals surface area (Å²) >= 11 is 6.33. The number of unbranched alkanes of at least 4 members (excludes halogenated alkanes) is 1. The molecule has 1 aromatic carbocycles. The Labute approximate surface area is 116 Å². The van der Waals surface area contributed by atoms with Crippen molar-refractivity contribution in [2.45, 2.75) is 45.6 Å². The number of benzene rings is 1. The molecule has 0 spiro atoms. The van der Waals surface area contributed by atoms with E-state index in [1.165, 1.54) is 18.5 Å². The van der Waals surface area contributed by atoms with Gasteiger partial charge in [-0.3, -0.25) is 0 Å². The quantitative estimate of drug-likeness (QED) is 0.814. The molecule has 0 aliphatic heterocycles. The lowest BCUT2D eigenvalue weighted by Gasteiger charge is -2.20. The summed E-state index contributed by atoms with van der Waals surface area (Å²) in [5.41, 5.74) is 8.30. The number of anilines is 1. The number of nitrogens with zero attached hydrogens (tertiary/aromatic N) is 1. The molecule has 0 aliphatic carbocycles. The van der Waals surface area contributed by atoms with Gasteiger partial charge in [-0.25, -0.2) is 0 Å². The molecule has 102 valence electrons. The van der Waals surface area contributed by atoms with Crippen molar-refractivity contribution < 1.29 is 0 Å². The van der Waals surface area contributed by atoms with E-state index in [4.69, 9.17) is 17.3 Å². The molecule has 18 heavy (non-hydrogen) atoms. The van der Waals surface area contributed by atoms with E-state index in [1.807, 2.05) is 0 Å². The van der Waals surface area contributed by atoms with E-state index < -0.39 is 0 Å². The molecule has 0 fully saturated rings. The van der Waals surface area contributed by atoms with Crippen LogP contribution in [0.3, 0.4) is 0 Å². The topological polar surface area (TPSA) is 29.3 Å². The number of hydrogen-bond donors (Lipinski definition) is 1. The van der Waals surface area contributed by atoms with Gasteiger partial charge in [0.1, 0.15) is 0 Å². The third-order valence-corrected chi connectivity index (χ3v) is 3.68. The Morgan fingerprint density at radius 2 is 2.06 bits per heavy atom. The predicted molar refractivity (Wildman–Crippen MR) is 81.6 cm³/mol. The Balaban J connectivity index is 2.72. The first-order valence-corrected chi connectivity index (χ1v) is 7.21. The molecule has 1 unspecified atom stereocenters. The summed E-state index contributed by atoms with van der Waals surface area (Å²) in [7, 11) is 2.11. The number of halogens is 1. The van der Waals surface area contributed by atoms with E-state index in [0.29, 0.717) is 0 Å². The van der Waals surface area contributed by atoms with Crippen molar-refractivity contribution in [2.75, 3.05) is 18.5 Å². The summed E-state index contributed by atoms with van der Waals surface area (Å²) in [6.45, 7) is 5.38. The van der Waals surface area contributed by atoms with Crippen molar-refractivity contribution in [3.8, 4) is 0 Å². The highest BCUT2D eigenvalue weighted by Crippen LogP contribution is 2.24. The zero-order valence-electron chi connectivity index (χ0n) is 11.7. The first kappa shape index (κ1) is 15.3. The molecule has 0 bridgehead atoms. The lowest BCUT2D eigenvalue weighted by molar-refractivity contribution is 0.646. The summed E-state index contributed by atoms with van der Waals surface area (Å²) in [4.78, 5) is 2.25. The summed E-state index contributed by atoms with van der Waals surface area (Å²) in [6.07, 6.45) is 4.25. The Kier molecular flexibility index (Phi) is 6.51. The first-order chi connectivity index (χ1) is 8.58. The highest BCUT2D eigenvalue weighted by atomic mass is 35.5. The minimum atomic E-state index is 0.200. The Hall–Kier alpha value is -0.730. The number of nitrogens with two attached hydrogens (primary N) is 1. The van der Waals surface area contributed by atoms with E-state index in [0.717, 1.165) is 30.0 Å². The molecule has 1 aromatic rings. The van der Waals surface area contributed by atoms with Crippen LogP contribution in [0.5, 0.6) is 0 Å². The second kappa shape index (κ2) is 7.65. The van der Waals surface area contributed by atoms with Gasteiger partial charge in [-0.05, 0) is 37.0 Å². The predicted octanol–water partition coefficient (Wildman–Crippen LogP) is 3.86. The van der Waals surface area contributed by atoms with Gasteiger partial charge in [0, 0.05) is 30.3 Å². The standard InChI is InChI=1S/C15H25ClN2/c1-4-6-9-18(3)14-8-7-12(15(16)11-14)10-13(17)5-2/h7-8,11,13H,4-6,9-10,17H2,1-3H3. The fraction of sp³-hybridized carbons (Fsp3) is 0.600. The maximum Gasteiger partial charge on any atom is 0.0459 e. The molecule has 1 rings (SSSR count). The fourth-order valence-corrected chi connectivity index (χ4v) is 2.14. The SMILES string of the molecule is CCCCN(C)c1ccc(CC(N)CC)c(Cl)c1. The van der Waals surface area contributed by atoms with Crippen LogP contribution in [0.25, 0.3) is 0 Å². The van der Waals surface area contributed by atoms with Crippen LogP contribution >= 0.6 is 11.6 Å². The van der Waals surface area contributed by atoms with Crippen LogP contribution in [0.4, 0.5) is 5.69 Å². The second-order valence-corrected chi connectivity index (χ2v) is 5.33. The molecule has 3 heteroatoms. The molecule has 0 aliphatic rings. The Morgan fingerprint density at radius 1 is 1.33 bits per heavy atom. The van der Waals surface area contributed by atoms with Crippen molar-refractivity contribution in [1.82, 2.24) is 0 Å². The maximum atomic E-state index is 6.33. The average molecular weight is 269 g/mol. The third-order valence-electron chi connectivity index (χ3n) is 3.33. The molecule has 1 atom stereocenters. The van der Waals surface area contributed by atoms with Gasteiger partial charge in [0.05, 0.1) is 0 Å². The zero-order valence-corrected chi connectivity index (χ0v) is 12.5. The molecular weight excluding hydrogens is 244 g/mol. The van der Waals surface area contributed by atoms with Crippen molar-refractivity contribution in [3.05, 3.63) is 28.8 Å². The maximum absolute atomic E-state index is 6.33. The molecule has 0 saturated heterocycles. The molecule has 0 aromatic heterocycles. The Bertz CT molecular complexity index is 366. The van der Waals surface area contributed by atoms with Crippen LogP contribution in [0.2, 0.25) is 5.02 Å². The largest absolute Gasteiger partial charge is 0.375 e. The van der Waals surface area contributed by atoms with Crippen LogP contribution in [0.1, 0.15) is 38.7 Å². The summed E-state index contributed by atoms with van der Waals surface area (Å²) in [5.74, 6) is 0. The van der Waals surface area contributed by atoms with Crippen molar-refractivity contribution in [1.29, 1.82) is 0 Å². The van der Waals surface area contributed by atoms with Gasteiger partial charge in [-0.2, -0.15) is 0 Å². The Morgan fingerprint density at radius 3 is 2.61 bits per heavy atom. The second-order valence-electron chi connectivity index (χ2n) is 4.92. The van der Waals surface area contributed by atoms with Crippen molar-refractivity contribution in [2.24, 2.45) is 5.73 Å². The summed E-state index contributed by atoms with van der Waals surface area (Å²) in [6, 6.07) is 6.50. The average Bonchev–Trinajstić information content (AvgIpc) is 2.38. The fourth-order valence-electron chi connectivity index (χ4n) is 1.89. The molecular formula is C15H25ClN2. The monoisotopic (exact) mass is 268 g/mol. The van der Waals surface area contributed by atoms with Gasteiger partial charge < -0.3 is 10.6 Å². The lowest BCUT2D eigenvalue weighted by Crippen LogP contribution is -2.22. The van der Waals surface area contributed by atoms with E-state index in [1.54, 1.807) is 0 Å². The highest BCUT2D eigenvalue weighted by molar-refractivity contribution is 6.31. The van der Waals surface area contributed by atoms with E-state index >= 15 is 0 Å². The third kappa shape index (κ3) is 4.51. The molecule has 2 nitrogen and oxygen atoms in total. The molecule has 0 saturated carbocycles. The van der Waals surface area contributed by atoms with Crippen molar-refractivity contribution in [3.63, 3.8) is 0 Å². The smallest absolute Gasteiger partial charge is 0.0459 e. The van der Waals surface area contributed by atoms with Crippen molar-refractivity contribution >= 4 is 17.3 Å². The van der Waals surface area contributed by atoms with Gasteiger partial charge >= 0.3 is 0 Å². The van der Waals surface area contributed by atoms with E-state index in [2.05, 4.69) is 44.0 Å². The van der Waals surface area contributed by atoms with Crippen LogP contribution in [0.15, 0.2) is 18.2 Å². The minimum Gasteiger partial charge on any atom is -0.375 e. The van der Waals surface area contributed by atoms with Gasteiger partial charge in [0.15, 0.2) is 0 Å². The van der Waals surface area contributed by atoms with E-state index in [9.17, 15) is 0 Å². The van der Waals surface area contributed by atoms with Crippen LogP contribution in [0, 0.1) is 0 Å². The normalized spacial score (nSPS) is 12.5. The lowest BCUT2D eigenvalue weighted by atomic mass is 10.0. The first-order valence-electron chi connectivity index (χ1n) is 6.83. The zero-order chi connectivity index (χ0) is 13.5. The van der Waals surface area contributed by atoms with Crippen LogP contribution in [-0.4, -0.2) is 19.6 Å². The van der Waals surface area contributed by atoms with Gasteiger partial charge in [-0.15, -0.1) is 0 Å². The molecule has 0 heterocycles. The summed E-state index contributed by atoms with van der Waals surface area (Å²) < 4.78 is 0. The van der Waals surface area contributed by atoms with Crippen LogP contribution < -0.4 is 10.6 Å². The van der Waals surface area contributed by atoms with Gasteiger partial charge in [-0.1, -0.05) is 37.9 Å². The molecule has 2 N–H and O–H groups in total. The van der Waals surface area contributed by atoms with Crippen LogP contribution in [-0.2, 0) is 6.42 Å². The highest BCUT2D eigenvalue weighted by Gasteiger charge is 2.08. The number of rotatable bonds is 7. The van der Waals surface area contributed by atoms with Gasteiger partial charge in [0.2, 0.25) is 0 Å². The number of hydrogen-bond acceptors (Lipinski definition) is 2. The molecule has 0 amide bonds. The van der Waals surface area contributed by atoms with E-state index in [-0.39, 0.29) is 6.04 Å². The van der Waals surface area contributed by atoms with Gasteiger partial charge in [0.25, 0.3) is 0 Å². The summed E-state index contributed by atoms with van der Waals surface area (Å²) in [5, 5.41) is 0.833. The molecule has 0 radical (unpaired) electrons. The minimum absolute atomic E-state index is 0.200.